The molecule has 0 aromatic carbocycles. The maximum absolute atomic E-state index is 11.9. The van der Waals surface area contributed by atoms with Gasteiger partial charge < -0.3 is 9.72 Å². The lowest BCUT2D eigenvalue weighted by Gasteiger charge is -2.23. The lowest BCUT2D eigenvalue weighted by Crippen LogP contribution is -2.33. The molecule has 1 aromatic heterocycles. The highest BCUT2D eigenvalue weighted by Crippen LogP contribution is 2.20. The number of ether oxygens (including phenoxy) is 1. The maximum atomic E-state index is 11.9. The van der Waals surface area contributed by atoms with Gasteiger partial charge in [0.2, 0.25) is 0 Å². The third-order valence-corrected chi connectivity index (χ3v) is 2.56. The van der Waals surface area contributed by atoms with Crippen molar-refractivity contribution >= 4 is 6.09 Å². The molecular weight excluding hydrogens is 234 g/mol. The van der Waals surface area contributed by atoms with Crippen molar-refractivity contribution in [2.45, 2.75) is 46.4 Å². The largest absolute Gasteiger partial charge is 0.444 e. The van der Waals surface area contributed by atoms with Gasteiger partial charge in [-0.25, -0.2) is 9.78 Å². The average molecular weight is 251 g/mol. The first-order chi connectivity index (χ1) is 8.26. The molecule has 1 aliphatic rings. The van der Waals surface area contributed by atoms with E-state index >= 15 is 0 Å². The van der Waals surface area contributed by atoms with Crippen LogP contribution >= 0.6 is 0 Å². The molecule has 0 saturated carbocycles. The number of H-pyrrole nitrogens is 1. The highest BCUT2D eigenvalue weighted by atomic mass is 16.6. The zero-order valence-corrected chi connectivity index (χ0v) is 11.0. The Balaban J connectivity index is 2.18. The summed E-state index contributed by atoms with van der Waals surface area (Å²) in [5.41, 5.74) is 0.485. The van der Waals surface area contributed by atoms with Crippen LogP contribution in [0.15, 0.2) is 4.79 Å². The minimum atomic E-state index is -0.540. The topological polar surface area (TPSA) is 75.3 Å². The van der Waals surface area contributed by atoms with E-state index in [9.17, 15) is 9.59 Å². The van der Waals surface area contributed by atoms with Gasteiger partial charge in [-0.05, 0) is 27.7 Å². The lowest BCUT2D eigenvalue weighted by atomic mass is 10.2. The molecule has 0 fully saturated rings. The van der Waals surface area contributed by atoms with Crippen LogP contribution in [0.5, 0.6) is 0 Å². The number of nitrogens with one attached hydrogen (secondary N) is 1. The predicted octanol–water partition coefficient (Wildman–Crippen LogP) is 1.33. The first-order valence-electron chi connectivity index (χ1n) is 5.83. The third-order valence-electron chi connectivity index (χ3n) is 2.56. The Hall–Kier alpha value is -1.85. The Bertz CT molecular complexity index is 542. The van der Waals surface area contributed by atoms with Crippen molar-refractivity contribution in [3.63, 3.8) is 0 Å². The molecule has 2 heterocycles. The molecule has 0 bridgehead atoms. The fourth-order valence-corrected chi connectivity index (χ4v) is 1.85. The molecule has 0 atom stereocenters. The van der Waals surface area contributed by atoms with Crippen LogP contribution in [0.1, 0.15) is 37.9 Å². The number of carbonyl (C=O) groups excluding carboxylic acids is 1. The second kappa shape index (κ2) is 4.12. The zero-order valence-electron chi connectivity index (χ0n) is 11.0. The number of aryl methyl sites for hydroxylation is 1. The summed E-state index contributed by atoms with van der Waals surface area (Å²) in [6.07, 6.45) is -0.419. The van der Waals surface area contributed by atoms with Crippen molar-refractivity contribution in [1.29, 1.82) is 0 Å². The molecule has 98 valence electrons. The number of aromatic nitrogens is 2. The second-order valence-corrected chi connectivity index (χ2v) is 5.41. The molecule has 0 saturated heterocycles. The van der Waals surface area contributed by atoms with Gasteiger partial charge in [0.15, 0.2) is 0 Å². The molecule has 0 aliphatic carbocycles. The summed E-state index contributed by atoms with van der Waals surface area (Å²) in [6.45, 7) is 7.73. The molecular formula is C12H17N3O3. The fraction of sp³-hybridized carbons (Fsp3) is 0.583. The minimum absolute atomic E-state index is 0.177. The standard InChI is InChI=1S/C12H17N3O3/c1-7-13-9-6-15(5-8(9)10(16)14-7)11(17)18-12(2,3)4/h5-6H2,1-4H3,(H,13,14,16). The van der Waals surface area contributed by atoms with E-state index in [1.165, 1.54) is 4.90 Å². The number of fused-ring (bicyclic) bond motifs is 1. The summed E-state index contributed by atoms with van der Waals surface area (Å²) in [5, 5.41) is 0. The van der Waals surface area contributed by atoms with Crippen molar-refractivity contribution < 1.29 is 9.53 Å². The number of rotatable bonds is 0. The van der Waals surface area contributed by atoms with Gasteiger partial charge in [0.25, 0.3) is 5.56 Å². The van der Waals surface area contributed by atoms with Crippen LogP contribution in [0.25, 0.3) is 0 Å². The first-order valence-corrected chi connectivity index (χ1v) is 5.83. The molecule has 18 heavy (non-hydrogen) atoms. The first kappa shape index (κ1) is 12.6. The molecule has 1 aromatic rings. The number of aromatic amines is 1. The van der Waals surface area contributed by atoms with E-state index in [2.05, 4.69) is 9.97 Å². The smallest absolute Gasteiger partial charge is 0.410 e. The maximum Gasteiger partial charge on any atom is 0.410 e. The highest BCUT2D eigenvalue weighted by Gasteiger charge is 2.30. The van der Waals surface area contributed by atoms with Gasteiger partial charge in [0.05, 0.1) is 24.3 Å². The molecule has 0 radical (unpaired) electrons. The van der Waals surface area contributed by atoms with Crippen molar-refractivity contribution in [2.24, 2.45) is 0 Å². The van der Waals surface area contributed by atoms with Crippen LogP contribution in [0, 0.1) is 6.92 Å². The number of amides is 1. The number of nitrogens with zero attached hydrogens (tertiary/aromatic N) is 2. The Labute approximate surface area is 105 Å². The quantitative estimate of drug-likeness (QED) is 0.754. The minimum Gasteiger partial charge on any atom is -0.444 e. The van der Waals surface area contributed by atoms with Crippen molar-refractivity contribution in [3.05, 3.63) is 27.4 Å². The third kappa shape index (κ3) is 2.52. The molecule has 1 N–H and O–H groups in total. The van der Waals surface area contributed by atoms with E-state index in [1.807, 2.05) is 20.8 Å². The number of carbonyl (C=O) groups is 1. The summed E-state index contributed by atoms with van der Waals surface area (Å²) in [7, 11) is 0. The van der Waals surface area contributed by atoms with E-state index in [0.717, 1.165) is 0 Å². The summed E-state index contributed by atoms with van der Waals surface area (Å²) >= 11 is 0. The number of hydrogen-bond donors (Lipinski definition) is 1. The van der Waals surface area contributed by atoms with Crippen molar-refractivity contribution in [3.8, 4) is 0 Å². The van der Waals surface area contributed by atoms with Gasteiger partial charge in [0, 0.05) is 0 Å². The van der Waals surface area contributed by atoms with E-state index in [-0.39, 0.29) is 12.1 Å². The molecule has 0 spiro atoms. The SMILES string of the molecule is Cc1nc2c(c(=O)[nH]1)CN(C(=O)OC(C)(C)C)C2. The molecule has 6 heteroatoms. The highest BCUT2D eigenvalue weighted by molar-refractivity contribution is 5.69. The Morgan fingerprint density at radius 1 is 1.39 bits per heavy atom. The van der Waals surface area contributed by atoms with E-state index < -0.39 is 11.7 Å². The predicted molar refractivity (Wildman–Crippen MR) is 65.1 cm³/mol. The van der Waals surface area contributed by atoms with E-state index in [4.69, 9.17) is 4.74 Å². The normalized spacial score (nSPS) is 14.6. The molecule has 0 unspecified atom stereocenters. The zero-order chi connectivity index (χ0) is 13.5. The monoisotopic (exact) mass is 251 g/mol. The van der Waals surface area contributed by atoms with Crippen LogP contribution in [0.2, 0.25) is 0 Å². The van der Waals surface area contributed by atoms with E-state index in [0.29, 0.717) is 23.6 Å². The fourth-order valence-electron chi connectivity index (χ4n) is 1.85. The van der Waals surface area contributed by atoms with E-state index in [1.54, 1.807) is 6.92 Å². The average Bonchev–Trinajstić information content (AvgIpc) is 2.58. The van der Waals surface area contributed by atoms with Gasteiger partial charge >= 0.3 is 6.09 Å². The van der Waals surface area contributed by atoms with Crippen LogP contribution in [0.3, 0.4) is 0 Å². The lowest BCUT2D eigenvalue weighted by molar-refractivity contribution is 0.0240. The second-order valence-electron chi connectivity index (χ2n) is 5.41. The van der Waals surface area contributed by atoms with Gasteiger partial charge in [-0.3, -0.25) is 9.69 Å². The van der Waals surface area contributed by atoms with Crippen molar-refractivity contribution in [2.75, 3.05) is 0 Å². The van der Waals surface area contributed by atoms with Crippen molar-refractivity contribution in [1.82, 2.24) is 14.9 Å². The Morgan fingerprint density at radius 3 is 2.67 bits per heavy atom. The summed E-state index contributed by atoms with van der Waals surface area (Å²) < 4.78 is 5.27. The summed E-state index contributed by atoms with van der Waals surface area (Å²) in [6, 6.07) is 0. The molecule has 2 rings (SSSR count). The van der Waals surface area contributed by atoms with Crippen LogP contribution in [-0.2, 0) is 17.8 Å². The van der Waals surface area contributed by atoms with Gasteiger partial charge in [0.1, 0.15) is 11.4 Å². The van der Waals surface area contributed by atoms with Gasteiger partial charge in [-0.2, -0.15) is 0 Å². The Kier molecular flexibility index (Phi) is 2.88. The van der Waals surface area contributed by atoms with Gasteiger partial charge in [-0.15, -0.1) is 0 Å². The Morgan fingerprint density at radius 2 is 2.06 bits per heavy atom. The summed E-state index contributed by atoms with van der Waals surface area (Å²) in [4.78, 5) is 32.0. The molecule has 6 nitrogen and oxygen atoms in total. The number of hydrogen-bond acceptors (Lipinski definition) is 4. The molecule has 1 amide bonds. The summed E-state index contributed by atoms with van der Waals surface area (Å²) in [5.74, 6) is 0.560. The van der Waals surface area contributed by atoms with Crippen LogP contribution < -0.4 is 5.56 Å². The van der Waals surface area contributed by atoms with Gasteiger partial charge in [-0.1, -0.05) is 0 Å². The van der Waals surface area contributed by atoms with Crippen LogP contribution in [-0.4, -0.2) is 26.6 Å². The van der Waals surface area contributed by atoms with Crippen LogP contribution in [0.4, 0.5) is 4.79 Å². The molecule has 1 aliphatic heterocycles.